The van der Waals surface area contributed by atoms with Crippen LogP contribution in [0.5, 0.6) is 0 Å². The highest BCUT2D eigenvalue weighted by Gasteiger charge is 2.24. The highest BCUT2D eigenvalue weighted by atomic mass is 35.5. The molecule has 0 aromatic carbocycles. The van der Waals surface area contributed by atoms with Crippen LogP contribution in [0, 0.1) is 5.41 Å². The topological polar surface area (TPSA) is 72.9 Å². The number of aromatic nitrogens is 2. The van der Waals surface area contributed by atoms with Crippen LogP contribution in [0.1, 0.15) is 19.4 Å². The van der Waals surface area contributed by atoms with Gasteiger partial charge in [-0.25, -0.2) is 0 Å². The normalized spacial score (nSPS) is 10.8. The Morgan fingerprint density at radius 3 is 2.71 bits per heavy atom. The third kappa shape index (κ3) is 4.75. The molecule has 1 rings (SSSR count). The lowest BCUT2D eigenvalue weighted by atomic mass is 9.93. The smallest absolute Gasteiger partial charge is 0.226 e. The van der Waals surface area contributed by atoms with E-state index in [0.29, 0.717) is 13.1 Å². The van der Waals surface area contributed by atoms with Crippen LogP contribution in [-0.2, 0) is 18.3 Å². The van der Waals surface area contributed by atoms with Crippen molar-refractivity contribution in [2.75, 3.05) is 13.1 Å². The van der Waals surface area contributed by atoms with Gasteiger partial charge in [0, 0.05) is 26.3 Å². The Hall–Kier alpha value is -1.07. The van der Waals surface area contributed by atoms with E-state index in [9.17, 15) is 4.79 Å². The van der Waals surface area contributed by atoms with Crippen LogP contribution in [0.3, 0.4) is 0 Å². The minimum absolute atomic E-state index is 0. The number of aryl methyl sites for hydroxylation is 1. The Morgan fingerprint density at radius 1 is 1.59 bits per heavy atom. The van der Waals surface area contributed by atoms with E-state index in [0.717, 1.165) is 12.0 Å². The second-order valence-electron chi connectivity index (χ2n) is 4.62. The number of amides is 1. The van der Waals surface area contributed by atoms with Crippen LogP contribution in [-0.4, -0.2) is 28.8 Å². The third-order valence-electron chi connectivity index (χ3n) is 2.58. The summed E-state index contributed by atoms with van der Waals surface area (Å²) in [6, 6.07) is 0. The van der Waals surface area contributed by atoms with E-state index in [4.69, 9.17) is 5.73 Å². The van der Waals surface area contributed by atoms with E-state index < -0.39 is 5.41 Å². The number of hydrogen-bond acceptors (Lipinski definition) is 3. The summed E-state index contributed by atoms with van der Waals surface area (Å²) in [6.45, 7) is 4.65. The molecule has 0 unspecified atom stereocenters. The molecule has 1 amide bonds. The molecule has 1 aromatic rings. The van der Waals surface area contributed by atoms with Gasteiger partial charge < -0.3 is 11.1 Å². The SMILES string of the molecule is Cl.Cn1cc(CCNC(=O)C(C)(C)CN)cn1. The molecule has 98 valence electrons. The second kappa shape index (κ2) is 6.61. The molecule has 1 heterocycles. The molecule has 0 radical (unpaired) electrons. The molecule has 3 N–H and O–H groups in total. The molecule has 0 aliphatic carbocycles. The Bertz CT molecular complexity index is 362. The molecule has 0 saturated carbocycles. The van der Waals surface area contributed by atoms with Gasteiger partial charge in [-0.2, -0.15) is 5.10 Å². The van der Waals surface area contributed by atoms with Crippen LogP contribution in [0.15, 0.2) is 12.4 Å². The van der Waals surface area contributed by atoms with Crippen molar-refractivity contribution in [1.82, 2.24) is 15.1 Å². The highest BCUT2D eigenvalue weighted by Crippen LogP contribution is 2.11. The minimum Gasteiger partial charge on any atom is -0.355 e. The monoisotopic (exact) mass is 260 g/mol. The minimum atomic E-state index is -0.491. The zero-order valence-corrected chi connectivity index (χ0v) is 11.4. The summed E-state index contributed by atoms with van der Waals surface area (Å²) in [6.07, 6.45) is 4.54. The van der Waals surface area contributed by atoms with Crippen LogP contribution in [0.2, 0.25) is 0 Å². The molecule has 5 nitrogen and oxygen atoms in total. The average Bonchev–Trinajstić information content (AvgIpc) is 2.64. The van der Waals surface area contributed by atoms with Gasteiger partial charge in [0.1, 0.15) is 0 Å². The third-order valence-corrected chi connectivity index (χ3v) is 2.58. The van der Waals surface area contributed by atoms with Crippen molar-refractivity contribution < 1.29 is 4.79 Å². The molecule has 1 aromatic heterocycles. The van der Waals surface area contributed by atoms with Crippen molar-refractivity contribution in [2.24, 2.45) is 18.2 Å². The summed E-state index contributed by atoms with van der Waals surface area (Å²) in [7, 11) is 1.87. The number of carbonyl (C=O) groups excluding carboxylic acids is 1. The molecule has 0 aliphatic rings. The van der Waals surface area contributed by atoms with Crippen LogP contribution < -0.4 is 11.1 Å². The Morgan fingerprint density at radius 2 is 2.24 bits per heavy atom. The average molecular weight is 261 g/mol. The highest BCUT2D eigenvalue weighted by molar-refractivity contribution is 5.85. The first kappa shape index (κ1) is 15.9. The van der Waals surface area contributed by atoms with Crippen molar-refractivity contribution >= 4 is 18.3 Å². The largest absolute Gasteiger partial charge is 0.355 e. The molecular weight excluding hydrogens is 240 g/mol. The summed E-state index contributed by atoms with van der Waals surface area (Å²) >= 11 is 0. The number of nitrogens with two attached hydrogens (primary N) is 1. The predicted octanol–water partition coefficient (Wildman–Crippen LogP) is 0.486. The van der Waals surface area contributed by atoms with Gasteiger partial charge in [0.15, 0.2) is 0 Å². The predicted molar refractivity (Wildman–Crippen MR) is 70.0 cm³/mol. The van der Waals surface area contributed by atoms with Gasteiger partial charge in [0.25, 0.3) is 0 Å². The molecule has 0 fully saturated rings. The zero-order valence-electron chi connectivity index (χ0n) is 10.6. The maximum Gasteiger partial charge on any atom is 0.226 e. The van der Waals surface area contributed by atoms with Gasteiger partial charge in [-0.15, -0.1) is 12.4 Å². The fraction of sp³-hybridized carbons (Fsp3) is 0.636. The standard InChI is InChI=1S/C11H20N4O.ClH/c1-11(2,8-12)10(16)13-5-4-9-6-14-15(3)7-9;/h6-7H,4-5,8,12H2,1-3H3,(H,13,16);1H. The second-order valence-corrected chi connectivity index (χ2v) is 4.62. The van der Waals surface area contributed by atoms with Crippen molar-refractivity contribution in [3.63, 3.8) is 0 Å². The van der Waals surface area contributed by atoms with E-state index in [-0.39, 0.29) is 18.3 Å². The van der Waals surface area contributed by atoms with E-state index in [1.165, 1.54) is 0 Å². The van der Waals surface area contributed by atoms with Crippen LogP contribution >= 0.6 is 12.4 Å². The van der Waals surface area contributed by atoms with Crippen molar-refractivity contribution in [3.05, 3.63) is 18.0 Å². The van der Waals surface area contributed by atoms with Crippen LogP contribution in [0.25, 0.3) is 0 Å². The van der Waals surface area contributed by atoms with Gasteiger partial charge in [-0.05, 0) is 25.8 Å². The fourth-order valence-corrected chi connectivity index (χ4v) is 1.25. The van der Waals surface area contributed by atoms with Gasteiger partial charge in [0.05, 0.1) is 11.6 Å². The summed E-state index contributed by atoms with van der Waals surface area (Å²) < 4.78 is 1.75. The zero-order chi connectivity index (χ0) is 12.2. The summed E-state index contributed by atoms with van der Waals surface area (Å²) in [5.74, 6) is -0.00103. The Labute approximate surface area is 108 Å². The lowest BCUT2D eigenvalue weighted by Gasteiger charge is -2.21. The van der Waals surface area contributed by atoms with Crippen LogP contribution in [0.4, 0.5) is 0 Å². The van der Waals surface area contributed by atoms with Gasteiger partial charge in [0.2, 0.25) is 5.91 Å². The number of carbonyl (C=O) groups is 1. The van der Waals surface area contributed by atoms with Crippen molar-refractivity contribution in [1.29, 1.82) is 0 Å². The molecule has 17 heavy (non-hydrogen) atoms. The lowest BCUT2D eigenvalue weighted by molar-refractivity contribution is -0.128. The van der Waals surface area contributed by atoms with Gasteiger partial charge >= 0.3 is 0 Å². The van der Waals surface area contributed by atoms with Crippen molar-refractivity contribution in [2.45, 2.75) is 20.3 Å². The molecule has 0 saturated heterocycles. The number of halogens is 1. The molecule has 0 bridgehead atoms. The molecule has 6 heteroatoms. The quantitative estimate of drug-likeness (QED) is 0.809. The van der Waals surface area contributed by atoms with Crippen molar-refractivity contribution in [3.8, 4) is 0 Å². The number of hydrogen-bond donors (Lipinski definition) is 2. The maximum absolute atomic E-state index is 11.7. The molecule has 0 spiro atoms. The molecular formula is C11H21ClN4O. The lowest BCUT2D eigenvalue weighted by Crippen LogP contribution is -2.42. The van der Waals surface area contributed by atoms with E-state index in [2.05, 4.69) is 10.4 Å². The Balaban J connectivity index is 0.00000256. The Kier molecular flexibility index (Phi) is 6.20. The van der Waals surface area contributed by atoms with E-state index in [1.807, 2.05) is 27.1 Å². The molecule has 0 atom stereocenters. The molecule has 0 aliphatic heterocycles. The summed E-state index contributed by atoms with van der Waals surface area (Å²) in [5.41, 5.74) is 6.15. The van der Waals surface area contributed by atoms with E-state index >= 15 is 0 Å². The first-order chi connectivity index (χ1) is 7.45. The first-order valence-electron chi connectivity index (χ1n) is 5.41. The fourth-order valence-electron chi connectivity index (χ4n) is 1.25. The maximum atomic E-state index is 11.7. The number of rotatable bonds is 5. The van der Waals surface area contributed by atoms with Gasteiger partial charge in [-0.3, -0.25) is 9.48 Å². The first-order valence-corrected chi connectivity index (χ1v) is 5.41. The van der Waals surface area contributed by atoms with Gasteiger partial charge in [-0.1, -0.05) is 0 Å². The van der Waals surface area contributed by atoms with E-state index in [1.54, 1.807) is 10.9 Å². The summed E-state index contributed by atoms with van der Waals surface area (Å²) in [4.78, 5) is 11.7. The number of nitrogens with zero attached hydrogens (tertiary/aromatic N) is 2. The summed E-state index contributed by atoms with van der Waals surface area (Å²) in [5, 5.41) is 6.94. The number of nitrogens with one attached hydrogen (secondary N) is 1.